The van der Waals surface area contributed by atoms with Gasteiger partial charge < -0.3 is 15.7 Å². The van der Waals surface area contributed by atoms with E-state index in [1.807, 2.05) is 6.92 Å². The van der Waals surface area contributed by atoms with Gasteiger partial charge in [-0.3, -0.25) is 4.21 Å². The van der Waals surface area contributed by atoms with E-state index < -0.39 is 28.3 Å². The summed E-state index contributed by atoms with van der Waals surface area (Å²) in [7, 11) is -0.890. The molecule has 1 fully saturated rings. The smallest absolute Gasteiger partial charge is 0.329 e. The standard InChI is InChI=1S/C12H22N2O4S/c1-8(6-7-19(3)18)13-11(17)14-12(2,10(15)16)9-4-5-9/h8-9H,4-7H2,1-3H3,(H,15,16)(H2,13,14,17). The second kappa shape index (κ2) is 6.36. The molecule has 1 rings (SSSR count). The molecule has 0 heterocycles. The normalized spacial score (nSPS) is 21.0. The van der Waals surface area contributed by atoms with Gasteiger partial charge in [0.15, 0.2) is 0 Å². The zero-order chi connectivity index (χ0) is 14.6. The largest absolute Gasteiger partial charge is 0.480 e. The zero-order valence-corrected chi connectivity index (χ0v) is 12.4. The Morgan fingerprint density at radius 1 is 1.47 bits per heavy atom. The maximum atomic E-state index is 11.8. The van der Waals surface area contributed by atoms with E-state index in [4.69, 9.17) is 0 Å². The Morgan fingerprint density at radius 2 is 2.05 bits per heavy atom. The first-order chi connectivity index (χ1) is 8.75. The molecule has 2 amide bonds. The average Bonchev–Trinajstić information content (AvgIpc) is 3.09. The van der Waals surface area contributed by atoms with Gasteiger partial charge in [0.25, 0.3) is 0 Å². The summed E-state index contributed by atoms with van der Waals surface area (Å²) in [5.41, 5.74) is -1.20. The first kappa shape index (κ1) is 15.9. The lowest BCUT2D eigenvalue weighted by Crippen LogP contribution is -2.57. The van der Waals surface area contributed by atoms with Gasteiger partial charge in [0.05, 0.1) is 0 Å². The third-order valence-electron chi connectivity index (χ3n) is 3.43. The Morgan fingerprint density at radius 3 is 2.47 bits per heavy atom. The van der Waals surface area contributed by atoms with E-state index in [1.165, 1.54) is 0 Å². The Kier molecular flexibility index (Phi) is 5.34. The fourth-order valence-corrected chi connectivity index (χ4v) is 2.59. The molecule has 6 nitrogen and oxygen atoms in total. The van der Waals surface area contributed by atoms with Crippen LogP contribution in [-0.4, -0.2) is 44.9 Å². The van der Waals surface area contributed by atoms with E-state index in [-0.39, 0.29) is 12.0 Å². The van der Waals surface area contributed by atoms with Gasteiger partial charge in [-0.05, 0) is 39.0 Å². The maximum absolute atomic E-state index is 11.8. The first-order valence-corrected chi connectivity index (χ1v) is 8.10. The zero-order valence-electron chi connectivity index (χ0n) is 11.6. The molecule has 3 N–H and O–H groups in total. The van der Waals surface area contributed by atoms with Crippen molar-refractivity contribution in [1.29, 1.82) is 0 Å². The van der Waals surface area contributed by atoms with Crippen molar-refractivity contribution in [2.45, 2.75) is 44.7 Å². The monoisotopic (exact) mass is 290 g/mol. The van der Waals surface area contributed by atoms with Crippen molar-refractivity contribution in [3.05, 3.63) is 0 Å². The fourth-order valence-electron chi connectivity index (χ4n) is 1.90. The van der Waals surface area contributed by atoms with Crippen LogP contribution in [0, 0.1) is 5.92 Å². The first-order valence-electron chi connectivity index (χ1n) is 6.37. The molecule has 3 unspecified atom stereocenters. The second-order valence-corrected chi connectivity index (χ2v) is 6.90. The summed E-state index contributed by atoms with van der Waals surface area (Å²) in [5, 5.41) is 14.4. The Bertz CT molecular complexity index is 384. The molecule has 0 aromatic carbocycles. The molecule has 0 aromatic heterocycles. The molecular weight excluding hydrogens is 268 g/mol. The molecule has 7 heteroatoms. The van der Waals surface area contributed by atoms with Gasteiger partial charge in [0.1, 0.15) is 5.54 Å². The number of nitrogens with one attached hydrogen (secondary N) is 2. The number of aliphatic carboxylic acids is 1. The Labute approximate surface area is 115 Å². The lowest BCUT2D eigenvalue weighted by Gasteiger charge is -2.27. The maximum Gasteiger partial charge on any atom is 0.329 e. The Hall–Kier alpha value is -1.11. The fraction of sp³-hybridized carbons (Fsp3) is 0.833. The summed E-state index contributed by atoms with van der Waals surface area (Å²) in [5.74, 6) is -0.484. The highest BCUT2D eigenvalue weighted by Gasteiger charge is 2.48. The van der Waals surface area contributed by atoms with Crippen molar-refractivity contribution in [1.82, 2.24) is 10.6 Å². The van der Waals surface area contributed by atoms with E-state index in [1.54, 1.807) is 13.2 Å². The van der Waals surface area contributed by atoms with Crippen molar-refractivity contribution >= 4 is 22.8 Å². The topological polar surface area (TPSA) is 95.5 Å². The van der Waals surface area contributed by atoms with Crippen LogP contribution in [-0.2, 0) is 15.6 Å². The predicted octanol–water partition coefficient (Wildman–Crippen LogP) is 0.696. The molecule has 0 bridgehead atoms. The molecule has 0 spiro atoms. The number of hydrogen-bond acceptors (Lipinski definition) is 3. The van der Waals surface area contributed by atoms with Crippen LogP contribution < -0.4 is 10.6 Å². The predicted molar refractivity (Wildman–Crippen MR) is 73.4 cm³/mol. The number of amides is 2. The van der Waals surface area contributed by atoms with Crippen molar-refractivity contribution < 1.29 is 18.9 Å². The van der Waals surface area contributed by atoms with Gasteiger partial charge in [-0.25, -0.2) is 9.59 Å². The average molecular weight is 290 g/mol. The third-order valence-corrected chi connectivity index (χ3v) is 4.24. The van der Waals surface area contributed by atoms with E-state index in [0.29, 0.717) is 12.2 Å². The summed E-state index contributed by atoms with van der Waals surface area (Å²) in [6.45, 7) is 3.35. The highest BCUT2D eigenvalue weighted by atomic mass is 32.2. The second-order valence-electron chi connectivity index (χ2n) is 5.35. The minimum absolute atomic E-state index is 0.00852. The summed E-state index contributed by atoms with van der Waals surface area (Å²) in [4.78, 5) is 23.0. The quantitative estimate of drug-likeness (QED) is 0.643. The number of carbonyl (C=O) groups is 2. The van der Waals surface area contributed by atoms with Crippen LogP contribution in [0.1, 0.15) is 33.1 Å². The number of urea groups is 1. The number of hydrogen-bond donors (Lipinski definition) is 3. The van der Waals surface area contributed by atoms with Crippen LogP contribution >= 0.6 is 0 Å². The van der Waals surface area contributed by atoms with Gasteiger partial charge in [0, 0.05) is 28.9 Å². The van der Waals surface area contributed by atoms with E-state index in [0.717, 1.165) is 12.8 Å². The van der Waals surface area contributed by atoms with Gasteiger partial charge in [0.2, 0.25) is 0 Å². The van der Waals surface area contributed by atoms with Gasteiger partial charge in [-0.15, -0.1) is 0 Å². The van der Waals surface area contributed by atoms with Crippen molar-refractivity contribution in [3.8, 4) is 0 Å². The Balaban J connectivity index is 2.45. The molecule has 19 heavy (non-hydrogen) atoms. The minimum Gasteiger partial charge on any atom is -0.480 e. The number of carboxylic acids is 1. The SMILES string of the molecule is CC(CCS(C)=O)NC(=O)NC(C)(C(=O)O)C1CC1. The van der Waals surface area contributed by atoms with Crippen LogP contribution in [0.15, 0.2) is 0 Å². The van der Waals surface area contributed by atoms with Crippen LogP contribution in [0.2, 0.25) is 0 Å². The number of carbonyl (C=O) groups excluding carboxylic acids is 1. The van der Waals surface area contributed by atoms with Crippen LogP contribution in [0.5, 0.6) is 0 Å². The molecule has 1 saturated carbocycles. The molecule has 0 aliphatic heterocycles. The summed E-state index contributed by atoms with van der Waals surface area (Å²) in [6.07, 6.45) is 3.87. The van der Waals surface area contributed by atoms with E-state index in [2.05, 4.69) is 10.6 Å². The molecule has 110 valence electrons. The number of rotatable bonds is 7. The summed E-state index contributed by atoms with van der Waals surface area (Å²) < 4.78 is 11.0. The van der Waals surface area contributed by atoms with Crippen LogP contribution in [0.3, 0.4) is 0 Å². The van der Waals surface area contributed by atoms with E-state index in [9.17, 15) is 18.9 Å². The summed E-state index contributed by atoms with van der Waals surface area (Å²) in [6, 6.07) is -0.618. The van der Waals surface area contributed by atoms with Crippen molar-refractivity contribution in [2.24, 2.45) is 5.92 Å². The number of carboxylic acid groups (broad SMARTS) is 1. The molecular formula is C12H22N2O4S. The highest BCUT2D eigenvalue weighted by molar-refractivity contribution is 7.84. The lowest BCUT2D eigenvalue weighted by atomic mass is 9.96. The van der Waals surface area contributed by atoms with Crippen molar-refractivity contribution in [2.75, 3.05) is 12.0 Å². The lowest BCUT2D eigenvalue weighted by molar-refractivity contribution is -0.144. The molecule has 0 aromatic rings. The van der Waals surface area contributed by atoms with Crippen LogP contribution in [0.25, 0.3) is 0 Å². The molecule has 0 saturated heterocycles. The minimum atomic E-state index is -1.20. The molecule has 1 aliphatic carbocycles. The molecule has 3 atom stereocenters. The van der Waals surface area contributed by atoms with Gasteiger partial charge >= 0.3 is 12.0 Å². The molecule has 1 aliphatic rings. The highest BCUT2D eigenvalue weighted by Crippen LogP contribution is 2.39. The summed E-state index contributed by atoms with van der Waals surface area (Å²) >= 11 is 0. The van der Waals surface area contributed by atoms with Crippen molar-refractivity contribution in [3.63, 3.8) is 0 Å². The van der Waals surface area contributed by atoms with Crippen LogP contribution in [0.4, 0.5) is 4.79 Å². The van der Waals surface area contributed by atoms with Gasteiger partial charge in [-0.2, -0.15) is 0 Å². The third kappa shape index (κ3) is 4.81. The van der Waals surface area contributed by atoms with E-state index >= 15 is 0 Å². The molecule has 0 radical (unpaired) electrons. The van der Waals surface area contributed by atoms with Gasteiger partial charge in [-0.1, -0.05) is 0 Å².